The molecule has 4 nitrogen and oxygen atoms in total. The van der Waals surface area contributed by atoms with Crippen molar-refractivity contribution in [2.45, 2.75) is 39.0 Å². The number of aryl methyl sites for hydroxylation is 1. The van der Waals surface area contributed by atoms with Crippen LogP contribution < -0.4 is 5.32 Å². The van der Waals surface area contributed by atoms with E-state index in [1.165, 1.54) is 25.3 Å². The first-order valence-corrected chi connectivity index (χ1v) is 9.78. The molecule has 1 aliphatic carbocycles. The minimum absolute atomic E-state index is 0.0356. The summed E-state index contributed by atoms with van der Waals surface area (Å²) in [5, 5.41) is 12.4. The molecule has 1 saturated carbocycles. The molecule has 0 bridgehead atoms. The van der Waals surface area contributed by atoms with Gasteiger partial charge in [-0.3, -0.25) is 4.79 Å². The van der Waals surface area contributed by atoms with E-state index in [-0.39, 0.29) is 17.2 Å². The Morgan fingerprint density at radius 3 is 2.61 bits per heavy atom. The number of rotatable bonds is 3. The van der Waals surface area contributed by atoms with E-state index < -0.39 is 5.97 Å². The van der Waals surface area contributed by atoms with E-state index in [0.717, 1.165) is 18.4 Å². The number of halogens is 1. The van der Waals surface area contributed by atoms with E-state index in [9.17, 15) is 14.7 Å². The van der Waals surface area contributed by atoms with Gasteiger partial charge >= 0.3 is 5.97 Å². The monoisotopic (exact) mass is 395 g/mol. The third-order valence-electron chi connectivity index (χ3n) is 4.92. The summed E-state index contributed by atoms with van der Waals surface area (Å²) in [6.45, 7) is 1.71. The molecule has 0 aliphatic heterocycles. The van der Waals surface area contributed by atoms with Crippen LogP contribution in [0.5, 0.6) is 0 Å². The molecule has 2 N–H and O–H groups in total. The Labute approximate surface area is 169 Å². The Balaban J connectivity index is 1.81. The number of carboxylic acid groups (broad SMARTS) is 1. The first-order valence-electron chi connectivity index (χ1n) is 9.40. The van der Waals surface area contributed by atoms with E-state index in [1.54, 1.807) is 31.2 Å². The van der Waals surface area contributed by atoms with Gasteiger partial charge in [-0.15, -0.1) is 0 Å². The zero-order chi connectivity index (χ0) is 20.1. The molecule has 2 aromatic rings. The van der Waals surface area contributed by atoms with Gasteiger partial charge in [-0.25, -0.2) is 4.79 Å². The second kappa shape index (κ2) is 8.95. The first-order chi connectivity index (χ1) is 13.4. The van der Waals surface area contributed by atoms with E-state index >= 15 is 0 Å². The lowest BCUT2D eigenvalue weighted by Crippen LogP contribution is -2.16. The Bertz CT molecular complexity index is 966. The maximum absolute atomic E-state index is 12.7. The topological polar surface area (TPSA) is 66.4 Å². The molecule has 0 aromatic heterocycles. The quantitative estimate of drug-likeness (QED) is 0.671. The lowest BCUT2D eigenvalue weighted by atomic mass is 9.89. The Kier molecular flexibility index (Phi) is 6.38. The fourth-order valence-electron chi connectivity index (χ4n) is 3.43. The lowest BCUT2D eigenvalue weighted by Gasteiger charge is -2.15. The third kappa shape index (κ3) is 4.94. The Hall–Kier alpha value is -2.77. The molecule has 0 heterocycles. The highest BCUT2D eigenvalue weighted by Crippen LogP contribution is 2.26. The van der Waals surface area contributed by atoms with E-state index in [1.807, 2.05) is 6.07 Å². The van der Waals surface area contributed by atoms with Crippen LogP contribution in [0.3, 0.4) is 0 Å². The zero-order valence-electron chi connectivity index (χ0n) is 15.7. The van der Waals surface area contributed by atoms with Gasteiger partial charge in [-0.05, 0) is 55.7 Å². The van der Waals surface area contributed by atoms with Crippen molar-refractivity contribution >= 4 is 29.2 Å². The lowest BCUT2D eigenvalue weighted by molar-refractivity contribution is 0.0698. The molecule has 0 spiro atoms. The van der Waals surface area contributed by atoms with E-state index in [4.69, 9.17) is 11.6 Å². The summed E-state index contributed by atoms with van der Waals surface area (Å²) in [6.07, 6.45) is 6.03. The van der Waals surface area contributed by atoms with Crippen LogP contribution in [0.4, 0.5) is 5.69 Å². The number of hydrogen-bond donors (Lipinski definition) is 2. The smallest absolute Gasteiger partial charge is 0.337 e. The maximum atomic E-state index is 12.7. The minimum Gasteiger partial charge on any atom is -0.478 e. The molecule has 0 atom stereocenters. The number of hydrogen-bond acceptors (Lipinski definition) is 2. The predicted molar refractivity (Wildman–Crippen MR) is 111 cm³/mol. The van der Waals surface area contributed by atoms with Gasteiger partial charge in [-0.2, -0.15) is 0 Å². The van der Waals surface area contributed by atoms with Crippen LogP contribution in [0.1, 0.15) is 63.9 Å². The number of anilines is 1. The number of carbonyl (C=O) groups is 2. The summed E-state index contributed by atoms with van der Waals surface area (Å²) in [7, 11) is 0. The second-order valence-electron chi connectivity index (χ2n) is 7.09. The van der Waals surface area contributed by atoms with Crippen molar-refractivity contribution in [3.63, 3.8) is 0 Å². The fourth-order valence-corrected chi connectivity index (χ4v) is 3.71. The molecule has 0 unspecified atom stereocenters. The highest BCUT2D eigenvalue weighted by atomic mass is 35.5. The van der Waals surface area contributed by atoms with Crippen molar-refractivity contribution in [3.8, 4) is 11.8 Å². The van der Waals surface area contributed by atoms with Gasteiger partial charge in [0, 0.05) is 22.1 Å². The van der Waals surface area contributed by atoms with E-state index in [2.05, 4.69) is 17.2 Å². The third-order valence-corrected chi connectivity index (χ3v) is 5.14. The Morgan fingerprint density at radius 2 is 1.89 bits per heavy atom. The first kappa shape index (κ1) is 20.0. The van der Waals surface area contributed by atoms with Crippen molar-refractivity contribution in [1.82, 2.24) is 0 Å². The minimum atomic E-state index is -1.15. The molecule has 1 fully saturated rings. The van der Waals surface area contributed by atoms with Gasteiger partial charge in [0.05, 0.1) is 11.3 Å². The van der Waals surface area contributed by atoms with Crippen LogP contribution in [-0.2, 0) is 0 Å². The van der Waals surface area contributed by atoms with E-state index in [0.29, 0.717) is 22.1 Å². The number of carboxylic acids is 1. The average Bonchev–Trinajstić information content (AvgIpc) is 2.69. The molecule has 1 amide bonds. The average molecular weight is 396 g/mol. The molecule has 1 aliphatic rings. The van der Waals surface area contributed by atoms with Crippen LogP contribution in [0, 0.1) is 24.7 Å². The molecular formula is C23H22ClNO3. The summed E-state index contributed by atoms with van der Waals surface area (Å²) >= 11 is 5.95. The molecular weight excluding hydrogens is 374 g/mol. The zero-order valence-corrected chi connectivity index (χ0v) is 16.5. The van der Waals surface area contributed by atoms with Crippen LogP contribution in [0.2, 0.25) is 5.02 Å². The number of nitrogens with one attached hydrogen (secondary N) is 1. The van der Waals surface area contributed by atoms with Crippen LogP contribution in [0.25, 0.3) is 0 Å². The van der Waals surface area contributed by atoms with Crippen LogP contribution >= 0.6 is 11.6 Å². The molecule has 3 rings (SSSR count). The highest BCUT2D eigenvalue weighted by molar-refractivity contribution is 6.31. The predicted octanol–water partition coefficient (Wildman–Crippen LogP) is 5.53. The maximum Gasteiger partial charge on any atom is 0.337 e. The number of carbonyl (C=O) groups excluding carboxylic acids is 1. The normalized spacial score (nSPS) is 14.1. The van der Waals surface area contributed by atoms with Gasteiger partial charge in [0.15, 0.2) is 0 Å². The van der Waals surface area contributed by atoms with Crippen LogP contribution in [0.15, 0.2) is 36.4 Å². The number of aromatic carboxylic acids is 1. The summed E-state index contributed by atoms with van der Waals surface area (Å²) in [6, 6.07) is 10.0. The molecule has 0 radical (unpaired) electrons. The fraction of sp³-hybridized carbons (Fsp3) is 0.304. The van der Waals surface area contributed by atoms with Gasteiger partial charge in [0.2, 0.25) is 0 Å². The number of amides is 1. The van der Waals surface area contributed by atoms with Gasteiger partial charge in [0.1, 0.15) is 0 Å². The van der Waals surface area contributed by atoms with Crippen molar-refractivity contribution < 1.29 is 14.7 Å². The van der Waals surface area contributed by atoms with Crippen molar-refractivity contribution in [1.29, 1.82) is 0 Å². The van der Waals surface area contributed by atoms with Gasteiger partial charge in [0.25, 0.3) is 5.91 Å². The molecule has 28 heavy (non-hydrogen) atoms. The standard InChI is InChI=1S/C23H22ClNO3/c1-15-12-19(24)14-20(23(27)28)21(15)25-22(26)18-9-5-8-17(13-18)11-10-16-6-3-2-4-7-16/h5,8-9,12-14,16H,2-4,6-7H2,1H3,(H,25,26)(H,27,28). The summed E-state index contributed by atoms with van der Waals surface area (Å²) in [5.41, 5.74) is 2.02. The molecule has 0 saturated heterocycles. The molecule has 5 heteroatoms. The SMILES string of the molecule is Cc1cc(Cl)cc(C(=O)O)c1NC(=O)c1cccc(C#CC2CCCCC2)c1. The van der Waals surface area contributed by atoms with Crippen LogP contribution in [-0.4, -0.2) is 17.0 Å². The van der Waals surface area contributed by atoms with Crippen molar-refractivity contribution in [2.24, 2.45) is 5.92 Å². The molecule has 2 aromatic carbocycles. The second-order valence-corrected chi connectivity index (χ2v) is 7.53. The molecule has 144 valence electrons. The number of benzene rings is 2. The summed E-state index contributed by atoms with van der Waals surface area (Å²) in [4.78, 5) is 24.2. The van der Waals surface area contributed by atoms with Crippen molar-refractivity contribution in [3.05, 3.63) is 63.7 Å². The van der Waals surface area contributed by atoms with Gasteiger partial charge < -0.3 is 10.4 Å². The Morgan fingerprint density at radius 1 is 1.14 bits per heavy atom. The highest BCUT2D eigenvalue weighted by Gasteiger charge is 2.17. The summed E-state index contributed by atoms with van der Waals surface area (Å²) < 4.78 is 0. The van der Waals surface area contributed by atoms with Crippen molar-refractivity contribution in [2.75, 3.05) is 5.32 Å². The van der Waals surface area contributed by atoms with Gasteiger partial charge in [-0.1, -0.05) is 48.8 Å². The largest absolute Gasteiger partial charge is 0.478 e. The summed E-state index contributed by atoms with van der Waals surface area (Å²) in [5.74, 6) is 5.41.